The first-order valence-electron chi connectivity index (χ1n) is 7.91. The van der Waals surface area contributed by atoms with Crippen molar-refractivity contribution in [2.45, 2.75) is 6.92 Å². The van der Waals surface area contributed by atoms with Gasteiger partial charge in [-0.25, -0.2) is 0 Å². The minimum Gasteiger partial charge on any atom is -0.495 e. The van der Waals surface area contributed by atoms with E-state index in [9.17, 15) is 9.59 Å². The fraction of sp³-hybridized carbons (Fsp3) is 0.222. The van der Waals surface area contributed by atoms with Gasteiger partial charge in [0.2, 0.25) is 5.91 Å². The number of carbonyl (C=O) groups excluding carboxylic acids is 2. The van der Waals surface area contributed by atoms with Crippen molar-refractivity contribution in [3.05, 3.63) is 40.9 Å². The van der Waals surface area contributed by atoms with Gasteiger partial charge in [0.1, 0.15) is 11.5 Å². The summed E-state index contributed by atoms with van der Waals surface area (Å²) in [6.07, 6.45) is 0. The van der Waals surface area contributed by atoms with E-state index in [-0.39, 0.29) is 25.0 Å². The predicted molar refractivity (Wildman–Crippen MR) is 100 cm³/mol. The van der Waals surface area contributed by atoms with E-state index in [1.807, 2.05) is 19.1 Å². The number of fused-ring (bicyclic) bond motifs is 1. The highest BCUT2D eigenvalue weighted by molar-refractivity contribution is 6.33. The molecular formula is C18H18ClN3O4. The summed E-state index contributed by atoms with van der Waals surface area (Å²) in [5.74, 6) is 0.592. The maximum Gasteiger partial charge on any atom is 0.262 e. The smallest absolute Gasteiger partial charge is 0.262 e. The van der Waals surface area contributed by atoms with Gasteiger partial charge >= 0.3 is 0 Å². The molecule has 0 atom stereocenters. The molecule has 3 N–H and O–H groups in total. The lowest BCUT2D eigenvalue weighted by Gasteiger charge is -2.20. The predicted octanol–water partition coefficient (Wildman–Crippen LogP) is 3.04. The molecule has 136 valence electrons. The Balaban J connectivity index is 1.67. The quantitative estimate of drug-likeness (QED) is 0.747. The lowest BCUT2D eigenvalue weighted by Crippen LogP contribution is -2.26. The molecule has 0 fully saturated rings. The Morgan fingerprint density at radius 1 is 1.31 bits per heavy atom. The zero-order chi connectivity index (χ0) is 18.7. The molecule has 0 radical (unpaired) electrons. The highest BCUT2D eigenvalue weighted by atomic mass is 35.5. The minimum absolute atomic E-state index is 0.00195. The van der Waals surface area contributed by atoms with Crippen LogP contribution in [0.1, 0.15) is 5.56 Å². The Kier molecular flexibility index (Phi) is 5.18. The monoisotopic (exact) mass is 375 g/mol. The van der Waals surface area contributed by atoms with E-state index in [4.69, 9.17) is 21.1 Å². The van der Waals surface area contributed by atoms with E-state index in [1.165, 1.54) is 0 Å². The molecule has 0 spiro atoms. The molecule has 26 heavy (non-hydrogen) atoms. The molecule has 8 heteroatoms. The van der Waals surface area contributed by atoms with E-state index < -0.39 is 0 Å². The maximum absolute atomic E-state index is 12.2. The maximum atomic E-state index is 12.2. The lowest BCUT2D eigenvalue weighted by atomic mass is 10.2. The lowest BCUT2D eigenvalue weighted by molar-refractivity contribution is -0.118. The van der Waals surface area contributed by atoms with Gasteiger partial charge in [-0.05, 0) is 30.7 Å². The number of methoxy groups -OCH3 is 1. The van der Waals surface area contributed by atoms with E-state index in [0.717, 1.165) is 5.56 Å². The summed E-state index contributed by atoms with van der Waals surface area (Å²) >= 11 is 6.20. The number of carbonyl (C=O) groups is 2. The third-order valence-electron chi connectivity index (χ3n) is 3.77. The number of hydrogen-bond donors (Lipinski definition) is 3. The number of ether oxygens (including phenoxy) is 2. The van der Waals surface area contributed by atoms with Crippen molar-refractivity contribution in [2.75, 3.05) is 36.2 Å². The molecule has 1 aliphatic heterocycles. The number of benzene rings is 2. The number of aryl methyl sites for hydroxylation is 1. The van der Waals surface area contributed by atoms with Crippen molar-refractivity contribution >= 4 is 40.5 Å². The number of hydrogen-bond acceptors (Lipinski definition) is 5. The highest BCUT2D eigenvalue weighted by Crippen LogP contribution is 2.36. The van der Waals surface area contributed by atoms with Crippen LogP contribution < -0.4 is 25.4 Å². The van der Waals surface area contributed by atoms with Crippen molar-refractivity contribution in [3.8, 4) is 11.5 Å². The van der Waals surface area contributed by atoms with Crippen LogP contribution >= 0.6 is 11.6 Å². The van der Waals surface area contributed by atoms with Crippen molar-refractivity contribution in [3.63, 3.8) is 0 Å². The summed E-state index contributed by atoms with van der Waals surface area (Å²) in [5.41, 5.74) is 2.64. The Morgan fingerprint density at radius 3 is 2.88 bits per heavy atom. The van der Waals surface area contributed by atoms with Crippen LogP contribution in [0, 0.1) is 6.92 Å². The van der Waals surface area contributed by atoms with Gasteiger partial charge in [-0.1, -0.05) is 17.7 Å². The van der Waals surface area contributed by atoms with E-state index in [1.54, 1.807) is 25.3 Å². The SMILES string of the molecule is COc1ccc(C)cc1NC(=O)CNc1cc2c(cc1Cl)NC(=O)CO2. The number of rotatable bonds is 5. The van der Waals surface area contributed by atoms with Gasteiger partial charge in [0.15, 0.2) is 6.61 Å². The summed E-state index contributed by atoms with van der Waals surface area (Å²) in [5, 5.41) is 8.82. The summed E-state index contributed by atoms with van der Waals surface area (Å²) in [7, 11) is 1.55. The highest BCUT2D eigenvalue weighted by Gasteiger charge is 2.18. The van der Waals surface area contributed by atoms with Crippen LogP contribution in [0.25, 0.3) is 0 Å². The Hall–Kier alpha value is -2.93. The second-order valence-corrected chi connectivity index (χ2v) is 6.18. The van der Waals surface area contributed by atoms with E-state index in [2.05, 4.69) is 16.0 Å². The molecule has 7 nitrogen and oxygen atoms in total. The van der Waals surface area contributed by atoms with Crippen LogP contribution in [0.15, 0.2) is 30.3 Å². The second kappa shape index (κ2) is 7.53. The van der Waals surface area contributed by atoms with Crippen LogP contribution in [0.4, 0.5) is 17.1 Å². The van der Waals surface area contributed by atoms with Gasteiger partial charge in [-0.2, -0.15) is 0 Å². The zero-order valence-corrected chi connectivity index (χ0v) is 15.1. The summed E-state index contributed by atoms with van der Waals surface area (Å²) < 4.78 is 10.6. The largest absolute Gasteiger partial charge is 0.495 e. The number of anilines is 3. The number of nitrogens with one attached hydrogen (secondary N) is 3. The van der Waals surface area contributed by atoms with Crippen molar-refractivity contribution < 1.29 is 19.1 Å². The molecule has 0 aliphatic carbocycles. The van der Waals surface area contributed by atoms with Crippen molar-refractivity contribution in [1.29, 1.82) is 0 Å². The van der Waals surface area contributed by atoms with Crippen LogP contribution in [0.5, 0.6) is 11.5 Å². The molecule has 0 unspecified atom stereocenters. The van der Waals surface area contributed by atoms with Gasteiger partial charge in [0.05, 0.1) is 35.7 Å². The molecule has 0 saturated heterocycles. The molecule has 2 aromatic carbocycles. The number of amides is 2. The van der Waals surface area contributed by atoms with Crippen LogP contribution in [-0.4, -0.2) is 32.1 Å². The number of halogens is 1. The Bertz CT molecular complexity index is 870. The topological polar surface area (TPSA) is 88.7 Å². The van der Waals surface area contributed by atoms with Crippen LogP contribution in [0.3, 0.4) is 0 Å². The van der Waals surface area contributed by atoms with E-state index >= 15 is 0 Å². The first-order valence-corrected chi connectivity index (χ1v) is 8.28. The van der Waals surface area contributed by atoms with Gasteiger partial charge in [0, 0.05) is 6.07 Å². The minimum atomic E-state index is -0.253. The van der Waals surface area contributed by atoms with Crippen LogP contribution in [-0.2, 0) is 9.59 Å². The third kappa shape index (κ3) is 4.00. The second-order valence-electron chi connectivity index (χ2n) is 5.77. The van der Waals surface area contributed by atoms with Crippen LogP contribution in [0.2, 0.25) is 5.02 Å². The summed E-state index contributed by atoms with van der Waals surface area (Å²) in [6.45, 7) is 1.88. The third-order valence-corrected chi connectivity index (χ3v) is 4.08. The van der Waals surface area contributed by atoms with Crippen molar-refractivity contribution in [1.82, 2.24) is 0 Å². The van der Waals surface area contributed by atoms with Gasteiger partial charge in [-0.3, -0.25) is 9.59 Å². The average molecular weight is 376 g/mol. The zero-order valence-electron chi connectivity index (χ0n) is 14.3. The molecule has 0 aromatic heterocycles. The summed E-state index contributed by atoms with van der Waals surface area (Å²) in [4.78, 5) is 23.6. The van der Waals surface area contributed by atoms with Crippen molar-refractivity contribution in [2.24, 2.45) is 0 Å². The first-order chi connectivity index (χ1) is 12.5. The Morgan fingerprint density at radius 2 is 2.12 bits per heavy atom. The molecule has 1 heterocycles. The molecule has 0 bridgehead atoms. The van der Waals surface area contributed by atoms with Gasteiger partial charge in [0.25, 0.3) is 5.91 Å². The van der Waals surface area contributed by atoms with Gasteiger partial charge < -0.3 is 25.4 Å². The molecule has 1 aliphatic rings. The first kappa shape index (κ1) is 17.9. The fourth-order valence-corrected chi connectivity index (χ4v) is 2.76. The normalized spacial score (nSPS) is 12.5. The van der Waals surface area contributed by atoms with Gasteiger partial charge in [-0.15, -0.1) is 0 Å². The molecule has 2 aromatic rings. The molecule has 3 rings (SSSR count). The standard InChI is InChI=1S/C18H18ClN3O4/c1-10-3-4-15(25-2)13(5-10)21-17(23)8-20-12-7-16-14(6-11(12)19)22-18(24)9-26-16/h3-7,20H,8-9H2,1-2H3,(H,21,23)(H,22,24). The fourth-order valence-electron chi connectivity index (χ4n) is 2.52. The Labute approximate surface area is 155 Å². The summed E-state index contributed by atoms with van der Waals surface area (Å²) in [6, 6.07) is 8.76. The molecule has 0 saturated carbocycles. The molecular weight excluding hydrogens is 358 g/mol. The van der Waals surface area contributed by atoms with E-state index in [0.29, 0.717) is 33.6 Å². The molecule has 2 amide bonds. The average Bonchev–Trinajstić information content (AvgIpc) is 2.60.